The van der Waals surface area contributed by atoms with E-state index in [1.807, 2.05) is 26.0 Å². The van der Waals surface area contributed by atoms with Crippen molar-refractivity contribution in [3.8, 4) is 5.75 Å². The summed E-state index contributed by atoms with van der Waals surface area (Å²) >= 11 is 6.16. The van der Waals surface area contributed by atoms with Crippen molar-refractivity contribution in [3.63, 3.8) is 0 Å². The average Bonchev–Trinajstić information content (AvgIpc) is 2.73. The number of halogens is 1. The van der Waals surface area contributed by atoms with E-state index in [1.165, 1.54) is 83.5 Å². The molecular formula is C26H44ClNO2. The van der Waals surface area contributed by atoms with Crippen LogP contribution in [0.1, 0.15) is 108 Å². The highest BCUT2D eigenvalue weighted by atomic mass is 35.5. The van der Waals surface area contributed by atoms with Gasteiger partial charge in [0.2, 0.25) is 0 Å². The van der Waals surface area contributed by atoms with E-state index < -0.39 is 0 Å². The van der Waals surface area contributed by atoms with Crippen LogP contribution in [-0.2, 0) is 4.79 Å². The van der Waals surface area contributed by atoms with Gasteiger partial charge in [-0.15, -0.1) is 0 Å². The number of hydrogen-bond acceptors (Lipinski definition) is 2. The van der Waals surface area contributed by atoms with Gasteiger partial charge in [0, 0.05) is 11.6 Å². The van der Waals surface area contributed by atoms with Crippen molar-refractivity contribution in [2.45, 2.75) is 111 Å². The Balaban J connectivity index is 1.89. The molecule has 0 spiro atoms. The maximum Gasteiger partial charge on any atom is 0.257 e. The minimum absolute atomic E-state index is 0.0547. The largest absolute Gasteiger partial charge is 0.484 e. The molecule has 3 nitrogen and oxygen atoms in total. The third-order valence-electron chi connectivity index (χ3n) is 5.63. The fraction of sp³-hybridized carbons (Fsp3) is 0.731. The van der Waals surface area contributed by atoms with Gasteiger partial charge in [0.25, 0.3) is 5.91 Å². The Hall–Kier alpha value is -1.22. The number of aryl methyl sites for hydroxylation is 2. The Morgan fingerprint density at radius 3 is 1.70 bits per heavy atom. The zero-order valence-corrected chi connectivity index (χ0v) is 20.4. The molecule has 30 heavy (non-hydrogen) atoms. The fourth-order valence-electron chi connectivity index (χ4n) is 3.74. The van der Waals surface area contributed by atoms with Crippen molar-refractivity contribution < 1.29 is 9.53 Å². The Bertz CT molecular complexity index is 565. The van der Waals surface area contributed by atoms with Crippen LogP contribution in [0.2, 0.25) is 5.02 Å². The quantitative estimate of drug-likeness (QED) is 0.237. The molecule has 0 atom stereocenters. The molecule has 172 valence electrons. The van der Waals surface area contributed by atoms with Crippen molar-refractivity contribution in [3.05, 3.63) is 28.3 Å². The molecule has 1 amide bonds. The normalized spacial score (nSPS) is 10.9. The maximum atomic E-state index is 11.9. The summed E-state index contributed by atoms with van der Waals surface area (Å²) in [7, 11) is 0. The molecule has 0 saturated heterocycles. The average molecular weight is 438 g/mol. The Labute approximate surface area is 190 Å². The lowest BCUT2D eigenvalue weighted by atomic mass is 10.0. The molecule has 0 fully saturated rings. The Morgan fingerprint density at radius 2 is 1.23 bits per heavy atom. The number of carbonyl (C=O) groups excluding carboxylic acids is 1. The first kappa shape index (κ1) is 26.8. The molecule has 1 aromatic rings. The van der Waals surface area contributed by atoms with Crippen molar-refractivity contribution in [1.29, 1.82) is 0 Å². The molecule has 0 aromatic heterocycles. The molecule has 0 aliphatic heterocycles. The van der Waals surface area contributed by atoms with Gasteiger partial charge in [0.15, 0.2) is 6.61 Å². The minimum Gasteiger partial charge on any atom is -0.484 e. The SMILES string of the molecule is CCCCCCCCCCCCCCCCNC(=O)COc1cc(C)c(Cl)c(C)c1. The van der Waals surface area contributed by atoms with E-state index in [-0.39, 0.29) is 12.5 Å². The highest BCUT2D eigenvalue weighted by molar-refractivity contribution is 6.32. The molecule has 1 aromatic carbocycles. The molecular weight excluding hydrogens is 394 g/mol. The molecule has 0 unspecified atom stereocenters. The van der Waals surface area contributed by atoms with Crippen LogP contribution in [0.5, 0.6) is 5.75 Å². The standard InChI is InChI=1S/C26H44ClNO2/c1-4-5-6-7-8-9-10-11-12-13-14-15-16-17-18-28-25(29)21-30-24-19-22(2)26(27)23(3)20-24/h19-20H,4-18,21H2,1-3H3,(H,28,29). The van der Waals surface area contributed by atoms with E-state index in [9.17, 15) is 4.79 Å². The number of hydrogen-bond donors (Lipinski definition) is 1. The minimum atomic E-state index is -0.0602. The summed E-state index contributed by atoms with van der Waals surface area (Å²) in [4.78, 5) is 11.9. The maximum absolute atomic E-state index is 11.9. The van der Waals surface area contributed by atoms with E-state index in [1.54, 1.807) is 0 Å². The van der Waals surface area contributed by atoms with Crippen LogP contribution in [0, 0.1) is 13.8 Å². The zero-order valence-electron chi connectivity index (χ0n) is 19.7. The number of rotatable bonds is 18. The van der Waals surface area contributed by atoms with Crippen LogP contribution in [0.4, 0.5) is 0 Å². The van der Waals surface area contributed by atoms with Crippen LogP contribution in [0.15, 0.2) is 12.1 Å². The number of ether oxygens (including phenoxy) is 1. The second-order valence-corrected chi connectivity index (χ2v) is 8.98. The number of carbonyl (C=O) groups is 1. The van der Waals surface area contributed by atoms with Crippen LogP contribution in [0.3, 0.4) is 0 Å². The third-order valence-corrected chi connectivity index (χ3v) is 6.23. The second kappa shape index (κ2) is 17.5. The number of amides is 1. The molecule has 0 heterocycles. The zero-order chi connectivity index (χ0) is 22.0. The van der Waals surface area contributed by atoms with Gasteiger partial charge in [-0.2, -0.15) is 0 Å². The third kappa shape index (κ3) is 13.2. The van der Waals surface area contributed by atoms with E-state index in [4.69, 9.17) is 16.3 Å². The van der Waals surface area contributed by atoms with Gasteiger partial charge in [0.05, 0.1) is 0 Å². The summed E-state index contributed by atoms with van der Waals surface area (Å²) in [6.45, 7) is 6.95. The highest BCUT2D eigenvalue weighted by Gasteiger charge is 2.06. The molecule has 1 N–H and O–H groups in total. The van der Waals surface area contributed by atoms with E-state index in [2.05, 4.69) is 12.2 Å². The van der Waals surface area contributed by atoms with Crippen molar-refractivity contribution in [2.75, 3.05) is 13.2 Å². The van der Waals surface area contributed by atoms with E-state index in [0.717, 1.165) is 29.1 Å². The lowest BCUT2D eigenvalue weighted by Gasteiger charge is -2.10. The molecule has 0 bridgehead atoms. The number of benzene rings is 1. The van der Waals surface area contributed by atoms with E-state index >= 15 is 0 Å². The summed E-state index contributed by atoms with van der Waals surface area (Å²) in [5.41, 5.74) is 1.93. The lowest BCUT2D eigenvalue weighted by molar-refractivity contribution is -0.123. The van der Waals surface area contributed by atoms with Crippen molar-refractivity contribution >= 4 is 17.5 Å². The number of unbranched alkanes of at least 4 members (excludes halogenated alkanes) is 13. The fourth-order valence-corrected chi connectivity index (χ4v) is 3.85. The molecule has 0 aliphatic rings. The number of nitrogens with one attached hydrogen (secondary N) is 1. The molecule has 4 heteroatoms. The van der Waals surface area contributed by atoms with Gasteiger partial charge in [-0.25, -0.2) is 0 Å². The first-order valence-corrected chi connectivity index (χ1v) is 12.6. The van der Waals surface area contributed by atoms with Crippen LogP contribution in [0.25, 0.3) is 0 Å². The molecule has 0 aliphatic carbocycles. The first-order valence-electron chi connectivity index (χ1n) is 12.2. The highest BCUT2D eigenvalue weighted by Crippen LogP contribution is 2.25. The summed E-state index contributed by atoms with van der Waals surface area (Å²) in [6.07, 6.45) is 18.8. The van der Waals surface area contributed by atoms with Gasteiger partial charge < -0.3 is 10.1 Å². The van der Waals surface area contributed by atoms with Crippen LogP contribution in [-0.4, -0.2) is 19.1 Å². The first-order chi connectivity index (χ1) is 14.5. The molecule has 0 saturated carbocycles. The predicted molar refractivity (Wildman–Crippen MR) is 130 cm³/mol. The molecule has 0 radical (unpaired) electrons. The Morgan fingerprint density at radius 1 is 0.800 bits per heavy atom. The summed E-state index contributed by atoms with van der Waals surface area (Å²) in [6, 6.07) is 3.74. The van der Waals surface area contributed by atoms with Crippen molar-refractivity contribution in [2.24, 2.45) is 0 Å². The van der Waals surface area contributed by atoms with Gasteiger partial charge >= 0.3 is 0 Å². The molecule has 1 rings (SSSR count). The lowest BCUT2D eigenvalue weighted by Crippen LogP contribution is -2.29. The second-order valence-electron chi connectivity index (χ2n) is 8.61. The summed E-state index contributed by atoms with van der Waals surface area (Å²) in [5.74, 6) is 0.635. The van der Waals surface area contributed by atoms with Crippen LogP contribution >= 0.6 is 11.6 Å². The topological polar surface area (TPSA) is 38.3 Å². The Kier molecular flexibility index (Phi) is 15.6. The van der Waals surface area contributed by atoms with Gasteiger partial charge in [-0.3, -0.25) is 4.79 Å². The summed E-state index contributed by atoms with van der Waals surface area (Å²) in [5, 5.41) is 3.70. The van der Waals surface area contributed by atoms with Gasteiger partial charge in [0.1, 0.15) is 5.75 Å². The van der Waals surface area contributed by atoms with Crippen LogP contribution < -0.4 is 10.1 Å². The monoisotopic (exact) mass is 437 g/mol. The van der Waals surface area contributed by atoms with Gasteiger partial charge in [-0.05, 0) is 43.5 Å². The predicted octanol–water partition coefficient (Wildman–Crippen LogP) is 7.93. The van der Waals surface area contributed by atoms with Gasteiger partial charge in [-0.1, -0.05) is 102 Å². The smallest absolute Gasteiger partial charge is 0.257 e. The van der Waals surface area contributed by atoms with Crippen molar-refractivity contribution in [1.82, 2.24) is 5.32 Å². The van der Waals surface area contributed by atoms with E-state index in [0.29, 0.717) is 5.75 Å². The summed E-state index contributed by atoms with van der Waals surface area (Å²) < 4.78 is 5.59.